The van der Waals surface area contributed by atoms with Crippen molar-refractivity contribution in [3.05, 3.63) is 0 Å². The Hall–Kier alpha value is -0.550. The van der Waals surface area contributed by atoms with E-state index in [4.69, 9.17) is 16.8 Å². The molecule has 2 aliphatic heterocycles. The van der Waals surface area contributed by atoms with Gasteiger partial charge in [0, 0.05) is 68.1 Å². The number of fused-ring (bicyclic) bond motifs is 2. The standard InChI is InChI=1S/C27H45ClFN5O3/c28-22-13-21-25(24(29)23(22)20-12-18(35)11-15-3-1-2-4-19(15)20)30-14-31-26(21)34-7-5-33(6-8-34)17-9-16(10-17)27(36)32-37/h15-26,30-31,35,37H,1-14H2,(H,32,36). The summed E-state index contributed by atoms with van der Waals surface area (Å²) in [6.45, 7) is 4.32. The van der Waals surface area contributed by atoms with Gasteiger partial charge in [-0.25, -0.2) is 9.87 Å². The Balaban J connectivity index is 1.08. The summed E-state index contributed by atoms with van der Waals surface area (Å²) in [6, 6.07) is 0.209. The molecule has 2 saturated heterocycles. The van der Waals surface area contributed by atoms with Crippen LogP contribution in [0.5, 0.6) is 0 Å². The second kappa shape index (κ2) is 11.1. The zero-order valence-corrected chi connectivity index (χ0v) is 22.5. The molecule has 10 unspecified atom stereocenters. The number of aliphatic hydroxyl groups is 1. The first-order valence-corrected chi connectivity index (χ1v) is 15.2. The van der Waals surface area contributed by atoms with Gasteiger partial charge in [0.25, 0.3) is 0 Å². The largest absolute Gasteiger partial charge is 0.393 e. The SMILES string of the molecule is O=C(NO)C1CC(N2CCN(C3NCNC4C(F)C(C5CC(O)CC6CCCCC65)C(Cl)CC43)CC2)C1. The average Bonchev–Trinajstić information content (AvgIpc) is 2.88. The molecule has 2 heterocycles. The minimum Gasteiger partial charge on any atom is -0.393 e. The Labute approximate surface area is 225 Å². The van der Waals surface area contributed by atoms with E-state index in [0.717, 1.165) is 58.3 Å². The van der Waals surface area contributed by atoms with Crippen molar-refractivity contribution in [3.63, 3.8) is 0 Å². The van der Waals surface area contributed by atoms with Crippen LogP contribution < -0.4 is 16.1 Å². The predicted octanol–water partition coefficient (Wildman–Crippen LogP) is 1.89. The highest BCUT2D eigenvalue weighted by molar-refractivity contribution is 6.21. The van der Waals surface area contributed by atoms with Gasteiger partial charge in [0.2, 0.25) is 5.91 Å². The molecule has 210 valence electrons. The van der Waals surface area contributed by atoms with Crippen LogP contribution in [-0.4, -0.2) is 94.8 Å². The number of halogens is 2. The van der Waals surface area contributed by atoms with Crippen molar-refractivity contribution in [2.75, 3.05) is 32.8 Å². The summed E-state index contributed by atoms with van der Waals surface area (Å²) in [5, 5.41) is 26.4. The number of rotatable bonds is 4. The van der Waals surface area contributed by atoms with E-state index in [1.54, 1.807) is 5.48 Å². The predicted molar refractivity (Wildman–Crippen MR) is 139 cm³/mol. The number of nitrogens with zero attached hydrogens (tertiary/aromatic N) is 2. The molecule has 0 bridgehead atoms. The van der Waals surface area contributed by atoms with Gasteiger partial charge in [-0.3, -0.25) is 30.4 Å². The molecule has 4 saturated carbocycles. The van der Waals surface area contributed by atoms with E-state index in [1.807, 2.05) is 0 Å². The molecule has 0 radical (unpaired) electrons. The maximum Gasteiger partial charge on any atom is 0.246 e. The summed E-state index contributed by atoms with van der Waals surface area (Å²) in [5.74, 6) is 0.814. The van der Waals surface area contributed by atoms with Crippen molar-refractivity contribution < 1.29 is 19.5 Å². The monoisotopic (exact) mass is 541 g/mol. The van der Waals surface area contributed by atoms with Gasteiger partial charge in [-0.1, -0.05) is 19.3 Å². The maximum atomic E-state index is 16.5. The number of hydrogen-bond donors (Lipinski definition) is 5. The highest BCUT2D eigenvalue weighted by Gasteiger charge is 2.55. The Bertz CT molecular complexity index is 813. The molecule has 0 aromatic rings. The van der Waals surface area contributed by atoms with Crippen LogP contribution in [0.25, 0.3) is 0 Å². The Morgan fingerprint density at radius 1 is 0.919 bits per heavy atom. The van der Waals surface area contributed by atoms with Gasteiger partial charge in [0.15, 0.2) is 0 Å². The molecule has 6 rings (SSSR count). The molecule has 6 aliphatic rings. The number of alkyl halides is 2. The lowest BCUT2D eigenvalue weighted by Crippen LogP contribution is -2.71. The molecule has 0 spiro atoms. The van der Waals surface area contributed by atoms with Crippen molar-refractivity contribution >= 4 is 17.5 Å². The molecule has 10 atom stereocenters. The summed E-state index contributed by atoms with van der Waals surface area (Å²) in [6.07, 6.45) is 7.61. The summed E-state index contributed by atoms with van der Waals surface area (Å²) in [5.41, 5.74) is 1.78. The zero-order valence-electron chi connectivity index (χ0n) is 21.8. The summed E-state index contributed by atoms with van der Waals surface area (Å²) < 4.78 is 16.5. The summed E-state index contributed by atoms with van der Waals surface area (Å²) in [7, 11) is 0. The van der Waals surface area contributed by atoms with Gasteiger partial charge in [-0.15, -0.1) is 11.6 Å². The van der Waals surface area contributed by atoms with Gasteiger partial charge in [0.1, 0.15) is 6.17 Å². The number of carbonyl (C=O) groups excluding carboxylic acids is 1. The van der Waals surface area contributed by atoms with Crippen LogP contribution in [0.4, 0.5) is 4.39 Å². The lowest BCUT2D eigenvalue weighted by Gasteiger charge is -2.56. The first-order valence-electron chi connectivity index (χ1n) is 14.8. The molecule has 5 N–H and O–H groups in total. The third-order valence-electron chi connectivity index (χ3n) is 11.1. The smallest absolute Gasteiger partial charge is 0.246 e. The van der Waals surface area contributed by atoms with Crippen LogP contribution in [0.2, 0.25) is 0 Å². The second-order valence-electron chi connectivity index (χ2n) is 12.9. The lowest BCUT2D eigenvalue weighted by atomic mass is 9.57. The normalized spacial score (nSPS) is 49.4. The molecule has 1 amide bonds. The van der Waals surface area contributed by atoms with Gasteiger partial charge in [0.05, 0.1) is 12.3 Å². The van der Waals surface area contributed by atoms with Crippen LogP contribution in [0, 0.1) is 35.5 Å². The van der Waals surface area contributed by atoms with E-state index in [9.17, 15) is 9.90 Å². The number of amides is 1. The summed E-state index contributed by atoms with van der Waals surface area (Å²) >= 11 is 7.10. The van der Waals surface area contributed by atoms with Crippen molar-refractivity contribution in [2.24, 2.45) is 35.5 Å². The first kappa shape index (κ1) is 26.7. The molecule has 0 aromatic heterocycles. The van der Waals surface area contributed by atoms with Gasteiger partial charge >= 0.3 is 0 Å². The Morgan fingerprint density at radius 2 is 1.65 bits per heavy atom. The molecule has 8 nitrogen and oxygen atoms in total. The van der Waals surface area contributed by atoms with E-state index < -0.39 is 6.17 Å². The van der Waals surface area contributed by atoms with Crippen molar-refractivity contribution in [1.82, 2.24) is 25.9 Å². The molecular formula is C27H45ClFN5O3. The number of aliphatic hydroxyl groups excluding tert-OH is 1. The minimum atomic E-state index is -0.991. The van der Waals surface area contributed by atoms with Gasteiger partial charge in [-0.2, -0.15) is 0 Å². The van der Waals surface area contributed by atoms with Crippen molar-refractivity contribution in [2.45, 2.75) is 93.7 Å². The van der Waals surface area contributed by atoms with Gasteiger partial charge in [-0.05, 0) is 56.3 Å². The third-order valence-corrected chi connectivity index (χ3v) is 11.6. The number of hydroxylamine groups is 1. The fourth-order valence-electron chi connectivity index (χ4n) is 9.21. The molecular weight excluding hydrogens is 497 g/mol. The van der Waals surface area contributed by atoms with Crippen molar-refractivity contribution in [1.29, 1.82) is 0 Å². The van der Waals surface area contributed by atoms with E-state index >= 15 is 4.39 Å². The minimum absolute atomic E-state index is 0.0774. The maximum absolute atomic E-state index is 16.5. The second-order valence-corrected chi connectivity index (χ2v) is 13.4. The lowest BCUT2D eigenvalue weighted by molar-refractivity contribution is -0.139. The van der Waals surface area contributed by atoms with Crippen LogP contribution >= 0.6 is 11.6 Å². The topological polar surface area (TPSA) is 100 Å². The van der Waals surface area contributed by atoms with Crippen molar-refractivity contribution in [3.8, 4) is 0 Å². The first-order chi connectivity index (χ1) is 17.9. The van der Waals surface area contributed by atoms with E-state index in [0.29, 0.717) is 31.0 Å². The number of nitrogens with one attached hydrogen (secondary N) is 3. The number of hydrogen-bond acceptors (Lipinski definition) is 7. The van der Waals surface area contributed by atoms with Gasteiger partial charge < -0.3 is 5.11 Å². The zero-order chi connectivity index (χ0) is 25.7. The van der Waals surface area contributed by atoms with Crippen LogP contribution in [-0.2, 0) is 4.79 Å². The van der Waals surface area contributed by atoms with E-state index in [2.05, 4.69) is 20.4 Å². The van der Waals surface area contributed by atoms with E-state index in [1.165, 1.54) is 19.3 Å². The molecule has 6 fully saturated rings. The van der Waals surface area contributed by atoms with E-state index in [-0.39, 0.29) is 53.3 Å². The Morgan fingerprint density at radius 3 is 2.41 bits per heavy atom. The van der Waals surface area contributed by atoms with Crippen LogP contribution in [0.3, 0.4) is 0 Å². The fourth-order valence-corrected chi connectivity index (χ4v) is 9.74. The average molecular weight is 542 g/mol. The Kier molecular flexibility index (Phi) is 8.03. The summed E-state index contributed by atoms with van der Waals surface area (Å²) in [4.78, 5) is 16.6. The quantitative estimate of drug-likeness (QED) is 0.210. The molecule has 4 aliphatic carbocycles. The molecule has 37 heavy (non-hydrogen) atoms. The fraction of sp³-hybridized carbons (Fsp3) is 0.963. The highest BCUT2D eigenvalue weighted by Crippen LogP contribution is 2.52. The number of piperazine rings is 1. The highest BCUT2D eigenvalue weighted by atomic mass is 35.5. The molecule has 10 heteroatoms. The third kappa shape index (κ3) is 5.07. The molecule has 0 aromatic carbocycles. The number of carbonyl (C=O) groups is 1. The van der Waals surface area contributed by atoms with Crippen LogP contribution in [0.1, 0.15) is 57.8 Å². The van der Waals surface area contributed by atoms with Crippen LogP contribution in [0.15, 0.2) is 0 Å².